The maximum atomic E-state index is 12.5. The highest BCUT2D eigenvalue weighted by atomic mass is 16.2. The molecule has 3 rings (SSSR count). The molecular formula is C16H26N2O2. The van der Waals surface area contributed by atoms with Crippen LogP contribution in [0.5, 0.6) is 0 Å². The smallest absolute Gasteiger partial charge is 0.247 e. The molecule has 3 unspecified atom stereocenters. The van der Waals surface area contributed by atoms with Crippen molar-refractivity contribution in [3.8, 4) is 0 Å². The number of carbonyl (C=O) groups is 2. The van der Waals surface area contributed by atoms with Gasteiger partial charge in [0.05, 0.1) is 12.5 Å². The summed E-state index contributed by atoms with van der Waals surface area (Å²) >= 11 is 0. The molecule has 2 aliphatic carbocycles. The van der Waals surface area contributed by atoms with Gasteiger partial charge in [0, 0.05) is 12.1 Å². The van der Waals surface area contributed by atoms with Crippen molar-refractivity contribution in [1.29, 1.82) is 0 Å². The Hall–Kier alpha value is -0.900. The van der Waals surface area contributed by atoms with Gasteiger partial charge in [-0.15, -0.1) is 0 Å². The lowest BCUT2D eigenvalue weighted by Gasteiger charge is -2.25. The lowest BCUT2D eigenvalue weighted by atomic mass is 10.1. The van der Waals surface area contributed by atoms with E-state index in [4.69, 9.17) is 0 Å². The van der Waals surface area contributed by atoms with Gasteiger partial charge in [-0.1, -0.05) is 39.0 Å². The normalized spacial score (nSPS) is 35.5. The Morgan fingerprint density at radius 2 is 1.85 bits per heavy atom. The fourth-order valence-corrected chi connectivity index (χ4v) is 3.84. The van der Waals surface area contributed by atoms with Crippen LogP contribution in [-0.2, 0) is 9.59 Å². The highest BCUT2D eigenvalue weighted by molar-refractivity contribution is 6.05. The van der Waals surface area contributed by atoms with Crippen LogP contribution in [-0.4, -0.2) is 34.8 Å². The van der Waals surface area contributed by atoms with E-state index in [9.17, 15) is 9.59 Å². The van der Waals surface area contributed by atoms with Gasteiger partial charge in [-0.05, 0) is 25.2 Å². The van der Waals surface area contributed by atoms with Gasteiger partial charge >= 0.3 is 0 Å². The van der Waals surface area contributed by atoms with E-state index in [-0.39, 0.29) is 23.9 Å². The SMILES string of the molecule is CCC1CC1NC1CC(=O)N(C2CCCCCC2)C1=O. The third-order valence-corrected chi connectivity index (χ3v) is 5.24. The molecule has 3 aliphatic rings. The first kappa shape index (κ1) is 14.1. The molecule has 0 spiro atoms. The molecule has 4 nitrogen and oxygen atoms in total. The van der Waals surface area contributed by atoms with Gasteiger partial charge in [0.1, 0.15) is 0 Å². The zero-order valence-corrected chi connectivity index (χ0v) is 12.4. The van der Waals surface area contributed by atoms with Crippen LogP contribution in [0.4, 0.5) is 0 Å². The standard InChI is InChI=1S/C16H26N2O2/c1-2-11-9-13(11)17-14-10-15(19)18(16(14)20)12-7-5-3-4-6-8-12/h11-14,17H,2-10H2,1H3. The van der Waals surface area contributed by atoms with E-state index in [1.165, 1.54) is 19.3 Å². The summed E-state index contributed by atoms with van der Waals surface area (Å²) in [6.07, 6.45) is 9.51. The molecule has 1 aliphatic heterocycles. The van der Waals surface area contributed by atoms with Gasteiger partial charge in [-0.25, -0.2) is 0 Å². The molecule has 0 bridgehead atoms. The van der Waals surface area contributed by atoms with Crippen molar-refractivity contribution in [2.75, 3.05) is 0 Å². The number of rotatable bonds is 4. The zero-order valence-electron chi connectivity index (χ0n) is 12.4. The van der Waals surface area contributed by atoms with E-state index in [0.29, 0.717) is 18.4 Å². The Morgan fingerprint density at radius 1 is 1.15 bits per heavy atom. The van der Waals surface area contributed by atoms with E-state index in [0.717, 1.165) is 32.1 Å². The van der Waals surface area contributed by atoms with Crippen molar-refractivity contribution in [2.24, 2.45) is 5.92 Å². The molecule has 112 valence electrons. The molecule has 0 radical (unpaired) electrons. The van der Waals surface area contributed by atoms with Crippen LogP contribution < -0.4 is 5.32 Å². The van der Waals surface area contributed by atoms with Crippen molar-refractivity contribution in [3.05, 3.63) is 0 Å². The first-order valence-corrected chi connectivity index (χ1v) is 8.32. The van der Waals surface area contributed by atoms with Crippen molar-refractivity contribution >= 4 is 11.8 Å². The van der Waals surface area contributed by atoms with Crippen LogP contribution in [0.3, 0.4) is 0 Å². The van der Waals surface area contributed by atoms with Crippen molar-refractivity contribution in [3.63, 3.8) is 0 Å². The van der Waals surface area contributed by atoms with Crippen molar-refractivity contribution in [2.45, 2.75) is 82.8 Å². The van der Waals surface area contributed by atoms with E-state index < -0.39 is 0 Å². The Kier molecular flexibility index (Phi) is 4.11. The van der Waals surface area contributed by atoms with Crippen molar-refractivity contribution in [1.82, 2.24) is 10.2 Å². The van der Waals surface area contributed by atoms with Gasteiger partial charge < -0.3 is 5.32 Å². The zero-order chi connectivity index (χ0) is 14.1. The summed E-state index contributed by atoms with van der Waals surface area (Å²) < 4.78 is 0. The molecule has 4 heteroatoms. The number of nitrogens with one attached hydrogen (secondary N) is 1. The number of nitrogens with zero attached hydrogens (tertiary/aromatic N) is 1. The maximum Gasteiger partial charge on any atom is 0.247 e. The van der Waals surface area contributed by atoms with E-state index in [1.807, 2.05) is 0 Å². The Bertz CT molecular complexity index is 388. The van der Waals surface area contributed by atoms with Crippen molar-refractivity contribution < 1.29 is 9.59 Å². The monoisotopic (exact) mass is 278 g/mol. The Morgan fingerprint density at radius 3 is 2.45 bits per heavy atom. The quantitative estimate of drug-likeness (QED) is 0.633. The minimum Gasteiger partial charge on any atom is -0.302 e. The molecule has 1 saturated heterocycles. The molecule has 2 saturated carbocycles. The van der Waals surface area contributed by atoms with Crippen LogP contribution in [0.25, 0.3) is 0 Å². The second kappa shape index (κ2) is 5.84. The molecule has 3 atom stereocenters. The van der Waals surface area contributed by atoms with Gasteiger partial charge in [0.15, 0.2) is 0 Å². The Labute approximate surface area is 121 Å². The van der Waals surface area contributed by atoms with E-state index >= 15 is 0 Å². The third-order valence-electron chi connectivity index (χ3n) is 5.24. The molecule has 2 amide bonds. The number of hydrogen-bond acceptors (Lipinski definition) is 3. The first-order chi connectivity index (χ1) is 9.70. The molecule has 20 heavy (non-hydrogen) atoms. The first-order valence-electron chi connectivity index (χ1n) is 8.32. The molecule has 1 N–H and O–H groups in total. The fraction of sp³-hybridized carbons (Fsp3) is 0.875. The van der Waals surface area contributed by atoms with Gasteiger partial charge in [-0.3, -0.25) is 14.5 Å². The second-order valence-electron chi connectivity index (χ2n) is 6.68. The van der Waals surface area contributed by atoms with Crippen LogP contribution >= 0.6 is 0 Å². The highest BCUT2D eigenvalue weighted by Gasteiger charge is 2.46. The number of carbonyl (C=O) groups excluding carboxylic acids is 2. The van der Waals surface area contributed by atoms with Gasteiger partial charge in [0.25, 0.3) is 0 Å². The van der Waals surface area contributed by atoms with E-state index in [2.05, 4.69) is 12.2 Å². The molecule has 3 fully saturated rings. The number of imide groups is 1. The summed E-state index contributed by atoms with van der Waals surface area (Å²) in [7, 11) is 0. The molecule has 0 aromatic heterocycles. The number of likely N-dealkylation sites (tertiary alicyclic amines) is 1. The summed E-state index contributed by atoms with van der Waals surface area (Å²) in [5, 5.41) is 3.41. The molecule has 1 heterocycles. The maximum absolute atomic E-state index is 12.5. The minimum absolute atomic E-state index is 0.0450. The van der Waals surface area contributed by atoms with Gasteiger partial charge in [0.2, 0.25) is 11.8 Å². The van der Waals surface area contributed by atoms with Crippen LogP contribution in [0.15, 0.2) is 0 Å². The average Bonchev–Trinajstić information content (AvgIpc) is 3.17. The fourth-order valence-electron chi connectivity index (χ4n) is 3.84. The molecular weight excluding hydrogens is 252 g/mol. The third kappa shape index (κ3) is 2.76. The number of hydrogen-bond donors (Lipinski definition) is 1. The summed E-state index contributed by atoms with van der Waals surface area (Å²) in [5.74, 6) is 0.807. The lowest BCUT2D eigenvalue weighted by Crippen LogP contribution is -2.44. The summed E-state index contributed by atoms with van der Waals surface area (Å²) in [6, 6.07) is 0.397. The van der Waals surface area contributed by atoms with Gasteiger partial charge in [-0.2, -0.15) is 0 Å². The van der Waals surface area contributed by atoms with Crippen LogP contribution in [0.1, 0.15) is 64.7 Å². The summed E-state index contributed by atoms with van der Waals surface area (Å²) in [5.41, 5.74) is 0. The Balaban J connectivity index is 1.61. The largest absolute Gasteiger partial charge is 0.302 e. The van der Waals surface area contributed by atoms with E-state index in [1.54, 1.807) is 4.90 Å². The second-order valence-corrected chi connectivity index (χ2v) is 6.68. The lowest BCUT2D eigenvalue weighted by molar-refractivity contribution is -0.141. The molecule has 0 aromatic carbocycles. The topological polar surface area (TPSA) is 49.4 Å². The number of amides is 2. The predicted octanol–water partition coefficient (Wildman–Crippen LogP) is 2.22. The summed E-state index contributed by atoms with van der Waals surface area (Å²) in [4.78, 5) is 26.4. The molecule has 0 aromatic rings. The predicted molar refractivity (Wildman–Crippen MR) is 77.1 cm³/mol. The minimum atomic E-state index is -0.243. The van der Waals surface area contributed by atoms with Crippen LogP contribution in [0, 0.1) is 5.92 Å². The average molecular weight is 278 g/mol. The summed E-state index contributed by atoms with van der Waals surface area (Å²) in [6.45, 7) is 2.19. The highest BCUT2D eigenvalue weighted by Crippen LogP contribution is 2.35. The van der Waals surface area contributed by atoms with Crippen LogP contribution in [0.2, 0.25) is 0 Å².